The van der Waals surface area contributed by atoms with Crippen LogP contribution in [0.4, 0.5) is 17.6 Å². The Bertz CT molecular complexity index is 668. The Morgan fingerprint density at radius 2 is 1.70 bits per heavy atom. The molecule has 0 amide bonds. The molecule has 0 aromatic heterocycles. The molecular formula is C15H9F4N. The predicted octanol–water partition coefficient (Wildman–Crippen LogP) is 4.58. The number of nitrogens with zero attached hydrogens (tertiary/aromatic N) is 1. The van der Waals surface area contributed by atoms with Crippen LogP contribution in [0, 0.1) is 17.1 Å². The van der Waals surface area contributed by atoms with Gasteiger partial charge in [0.25, 0.3) is 0 Å². The minimum atomic E-state index is -4.51. The van der Waals surface area contributed by atoms with Crippen molar-refractivity contribution in [3.05, 3.63) is 59.4 Å². The van der Waals surface area contributed by atoms with Crippen molar-refractivity contribution in [2.75, 3.05) is 0 Å². The molecule has 20 heavy (non-hydrogen) atoms. The van der Waals surface area contributed by atoms with Gasteiger partial charge in [-0.1, -0.05) is 24.3 Å². The number of hydrogen-bond donors (Lipinski definition) is 0. The molecule has 102 valence electrons. The Labute approximate surface area is 113 Å². The van der Waals surface area contributed by atoms with E-state index in [9.17, 15) is 17.6 Å². The van der Waals surface area contributed by atoms with Gasteiger partial charge in [0.2, 0.25) is 0 Å². The summed E-state index contributed by atoms with van der Waals surface area (Å²) in [7, 11) is 0. The van der Waals surface area contributed by atoms with Crippen molar-refractivity contribution < 1.29 is 17.6 Å². The Morgan fingerprint density at radius 3 is 2.35 bits per heavy atom. The van der Waals surface area contributed by atoms with Crippen LogP contribution in [0.3, 0.4) is 0 Å². The largest absolute Gasteiger partial charge is 0.417 e. The lowest BCUT2D eigenvalue weighted by atomic mass is 9.94. The van der Waals surface area contributed by atoms with Gasteiger partial charge < -0.3 is 0 Å². The second kappa shape index (κ2) is 5.33. The molecule has 0 spiro atoms. The van der Waals surface area contributed by atoms with Gasteiger partial charge in [0, 0.05) is 0 Å². The quantitative estimate of drug-likeness (QED) is 0.738. The zero-order valence-corrected chi connectivity index (χ0v) is 10.2. The summed E-state index contributed by atoms with van der Waals surface area (Å²) in [6.07, 6.45) is -4.66. The molecule has 0 saturated carbocycles. The van der Waals surface area contributed by atoms with Crippen molar-refractivity contribution in [2.45, 2.75) is 12.6 Å². The number of halogens is 4. The Morgan fingerprint density at radius 1 is 1.00 bits per heavy atom. The van der Waals surface area contributed by atoms with E-state index in [1.807, 2.05) is 6.07 Å². The van der Waals surface area contributed by atoms with Crippen LogP contribution in [0.1, 0.15) is 11.1 Å². The number of hydrogen-bond acceptors (Lipinski definition) is 1. The van der Waals surface area contributed by atoms with Crippen LogP contribution in [0.5, 0.6) is 0 Å². The Kier molecular flexibility index (Phi) is 3.75. The van der Waals surface area contributed by atoms with E-state index in [1.54, 1.807) is 0 Å². The average molecular weight is 279 g/mol. The van der Waals surface area contributed by atoms with E-state index in [2.05, 4.69) is 0 Å². The van der Waals surface area contributed by atoms with Gasteiger partial charge in [-0.05, 0) is 34.9 Å². The zero-order chi connectivity index (χ0) is 14.8. The molecule has 0 atom stereocenters. The van der Waals surface area contributed by atoms with Gasteiger partial charge in [0.15, 0.2) is 0 Å². The molecule has 1 nitrogen and oxygen atoms in total. The molecule has 0 aliphatic heterocycles. The number of nitriles is 1. The SMILES string of the molecule is N#CCc1cc(F)ccc1-c1ccccc1C(F)(F)F. The molecule has 0 aliphatic carbocycles. The molecule has 2 rings (SSSR count). The standard InChI is InChI=1S/C15H9F4N/c16-11-5-6-12(10(9-11)7-8-20)13-3-1-2-4-14(13)15(17,18)19/h1-6,9H,7H2. The van der Waals surface area contributed by atoms with Gasteiger partial charge >= 0.3 is 6.18 Å². The van der Waals surface area contributed by atoms with Crippen molar-refractivity contribution in [3.8, 4) is 17.2 Å². The van der Waals surface area contributed by atoms with Crippen LogP contribution in [0.25, 0.3) is 11.1 Å². The molecule has 0 unspecified atom stereocenters. The fourth-order valence-corrected chi connectivity index (χ4v) is 2.02. The van der Waals surface area contributed by atoms with E-state index >= 15 is 0 Å². The molecule has 0 bridgehead atoms. The zero-order valence-electron chi connectivity index (χ0n) is 10.2. The summed E-state index contributed by atoms with van der Waals surface area (Å²) in [4.78, 5) is 0. The third-order valence-electron chi connectivity index (χ3n) is 2.86. The predicted molar refractivity (Wildman–Crippen MR) is 66.2 cm³/mol. The molecule has 2 aromatic carbocycles. The van der Waals surface area contributed by atoms with Crippen LogP contribution in [0.2, 0.25) is 0 Å². The third-order valence-corrected chi connectivity index (χ3v) is 2.86. The molecule has 0 fully saturated rings. The molecular weight excluding hydrogens is 270 g/mol. The van der Waals surface area contributed by atoms with E-state index in [-0.39, 0.29) is 23.1 Å². The maximum Gasteiger partial charge on any atom is 0.417 e. The lowest BCUT2D eigenvalue weighted by Gasteiger charge is -2.15. The Balaban J connectivity index is 2.67. The first-order valence-electron chi connectivity index (χ1n) is 5.75. The van der Waals surface area contributed by atoms with Crippen LogP contribution in [-0.2, 0) is 12.6 Å². The fraction of sp³-hybridized carbons (Fsp3) is 0.133. The summed E-state index contributed by atoms with van der Waals surface area (Å²) in [6.45, 7) is 0. The van der Waals surface area contributed by atoms with E-state index in [1.165, 1.54) is 24.3 Å². The van der Waals surface area contributed by atoms with E-state index in [0.29, 0.717) is 0 Å². The summed E-state index contributed by atoms with van der Waals surface area (Å²) in [5.74, 6) is -0.580. The number of benzene rings is 2. The van der Waals surface area contributed by atoms with Gasteiger partial charge in [0.05, 0.1) is 18.1 Å². The molecule has 0 radical (unpaired) electrons. The summed E-state index contributed by atoms with van der Waals surface area (Å²) >= 11 is 0. The molecule has 2 aromatic rings. The maximum atomic E-state index is 13.2. The first-order valence-corrected chi connectivity index (χ1v) is 5.75. The normalized spacial score (nSPS) is 11.2. The van der Waals surface area contributed by atoms with Gasteiger partial charge in [-0.3, -0.25) is 0 Å². The highest BCUT2D eigenvalue weighted by molar-refractivity contribution is 5.71. The van der Waals surface area contributed by atoms with Gasteiger partial charge in [-0.2, -0.15) is 18.4 Å². The summed E-state index contributed by atoms with van der Waals surface area (Å²) < 4.78 is 52.2. The minimum absolute atomic E-state index is 0.0507. The molecule has 0 heterocycles. The molecule has 5 heteroatoms. The summed E-state index contributed by atoms with van der Waals surface area (Å²) in [5.41, 5.74) is -0.388. The topological polar surface area (TPSA) is 23.8 Å². The third kappa shape index (κ3) is 2.80. The highest BCUT2D eigenvalue weighted by Gasteiger charge is 2.33. The first kappa shape index (κ1) is 14.1. The van der Waals surface area contributed by atoms with Gasteiger partial charge in [0.1, 0.15) is 5.82 Å². The second-order valence-corrected chi connectivity index (χ2v) is 4.18. The first-order chi connectivity index (χ1) is 9.43. The molecule has 0 N–H and O–H groups in total. The molecule has 0 saturated heterocycles. The van der Waals surface area contributed by atoms with Crippen molar-refractivity contribution >= 4 is 0 Å². The maximum absolute atomic E-state index is 13.2. The Hall–Kier alpha value is -2.35. The van der Waals surface area contributed by atoms with E-state index in [0.717, 1.165) is 18.2 Å². The van der Waals surface area contributed by atoms with Crippen molar-refractivity contribution in [2.24, 2.45) is 0 Å². The van der Waals surface area contributed by atoms with E-state index in [4.69, 9.17) is 5.26 Å². The highest BCUT2D eigenvalue weighted by Crippen LogP contribution is 2.38. The van der Waals surface area contributed by atoms with Crippen LogP contribution in [0.15, 0.2) is 42.5 Å². The minimum Gasteiger partial charge on any atom is -0.207 e. The van der Waals surface area contributed by atoms with Crippen molar-refractivity contribution in [3.63, 3.8) is 0 Å². The highest BCUT2D eigenvalue weighted by atomic mass is 19.4. The van der Waals surface area contributed by atoms with Crippen molar-refractivity contribution in [1.29, 1.82) is 5.26 Å². The van der Waals surface area contributed by atoms with Gasteiger partial charge in [-0.15, -0.1) is 0 Å². The second-order valence-electron chi connectivity index (χ2n) is 4.18. The number of rotatable bonds is 2. The summed E-state index contributed by atoms with van der Waals surface area (Å²) in [6, 6.07) is 10.3. The molecule has 0 aliphatic rings. The van der Waals surface area contributed by atoms with Crippen LogP contribution in [-0.4, -0.2) is 0 Å². The average Bonchev–Trinajstić information content (AvgIpc) is 2.38. The number of alkyl halides is 3. The van der Waals surface area contributed by atoms with E-state index < -0.39 is 17.6 Å². The van der Waals surface area contributed by atoms with Crippen molar-refractivity contribution in [1.82, 2.24) is 0 Å². The van der Waals surface area contributed by atoms with Crippen LogP contribution < -0.4 is 0 Å². The smallest absolute Gasteiger partial charge is 0.207 e. The van der Waals surface area contributed by atoms with Crippen LogP contribution >= 0.6 is 0 Å². The lowest BCUT2D eigenvalue weighted by Crippen LogP contribution is -2.07. The van der Waals surface area contributed by atoms with Gasteiger partial charge in [-0.25, -0.2) is 4.39 Å². The fourth-order valence-electron chi connectivity index (χ4n) is 2.02. The lowest BCUT2D eigenvalue weighted by molar-refractivity contribution is -0.137. The monoisotopic (exact) mass is 279 g/mol. The summed E-state index contributed by atoms with van der Waals surface area (Å²) in [5, 5.41) is 8.72.